The molecule has 0 saturated carbocycles. The number of halogens is 1. The van der Waals surface area contributed by atoms with Crippen LogP contribution in [0.1, 0.15) is 46.6 Å². The van der Waals surface area contributed by atoms with Crippen molar-refractivity contribution in [2.24, 2.45) is 0 Å². The second kappa shape index (κ2) is 9.48. The maximum absolute atomic E-state index is 13.5. The van der Waals surface area contributed by atoms with Gasteiger partial charge in [-0.3, -0.25) is 4.79 Å². The molecule has 28 heavy (non-hydrogen) atoms. The van der Waals surface area contributed by atoms with Crippen LogP contribution in [0.4, 0.5) is 0 Å². The first-order valence-electron chi connectivity index (χ1n) is 9.45. The van der Waals surface area contributed by atoms with Crippen LogP contribution < -0.4 is 0 Å². The number of carbonyl (C=O) groups excluding carboxylic acids is 2. The standard InChI is InChI=1S/C22H24ClNO3S/c1-3-4-13-27-22(26)19-14-28-21(17-11-7-8-12-18(17)23)24(19)20(25)16-10-6-5-9-15(16)2/h5-12,19,21H,3-4,13-14H2,1-2H3/t19-,21-/m0/s1. The number of ether oxygens (including phenoxy) is 1. The molecule has 0 spiro atoms. The number of unbranched alkanes of at least 4 members (excludes halogenated alkanes) is 1. The van der Waals surface area contributed by atoms with E-state index in [1.54, 1.807) is 28.8 Å². The van der Waals surface area contributed by atoms with Crippen molar-refractivity contribution in [1.29, 1.82) is 0 Å². The van der Waals surface area contributed by atoms with Gasteiger partial charge in [0.1, 0.15) is 11.4 Å². The predicted octanol–water partition coefficient (Wildman–Crippen LogP) is 5.25. The van der Waals surface area contributed by atoms with Gasteiger partial charge in [0.2, 0.25) is 0 Å². The topological polar surface area (TPSA) is 46.6 Å². The van der Waals surface area contributed by atoms with Crippen molar-refractivity contribution in [3.05, 3.63) is 70.2 Å². The average Bonchev–Trinajstić information content (AvgIpc) is 3.13. The van der Waals surface area contributed by atoms with E-state index >= 15 is 0 Å². The Morgan fingerprint density at radius 3 is 2.61 bits per heavy atom. The first-order chi connectivity index (χ1) is 13.5. The zero-order valence-electron chi connectivity index (χ0n) is 16.1. The summed E-state index contributed by atoms with van der Waals surface area (Å²) in [7, 11) is 0. The number of nitrogens with zero attached hydrogens (tertiary/aromatic N) is 1. The zero-order valence-corrected chi connectivity index (χ0v) is 17.6. The van der Waals surface area contributed by atoms with E-state index in [4.69, 9.17) is 16.3 Å². The van der Waals surface area contributed by atoms with Gasteiger partial charge in [0.15, 0.2) is 0 Å². The lowest BCUT2D eigenvalue weighted by Gasteiger charge is -2.29. The molecule has 3 rings (SSSR count). The third-order valence-corrected chi connectivity index (χ3v) is 6.45. The van der Waals surface area contributed by atoms with Crippen LogP contribution in [0.25, 0.3) is 0 Å². The molecule has 1 amide bonds. The second-order valence-electron chi connectivity index (χ2n) is 6.77. The van der Waals surface area contributed by atoms with Crippen LogP contribution in [0.5, 0.6) is 0 Å². The Morgan fingerprint density at radius 1 is 1.18 bits per heavy atom. The minimum absolute atomic E-state index is 0.175. The maximum atomic E-state index is 13.5. The molecule has 0 unspecified atom stereocenters. The van der Waals surface area contributed by atoms with Gasteiger partial charge in [-0.05, 0) is 31.0 Å². The van der Waals surface area contributed by atoms with Crippen molar-refractivity contribution >= 4 is 35.2 Å². The highest BCUT2D eigenvalue weighted by atomic mass is 35.5. The summed E-state index contributed by atoms with van der Waals surface area (Å²) in [4.78, 5) is 27.9. The van der Waals surface area contributed by atoms with Crippen LogP contribution in [0, 0.1) is 6.92 Å². The summed E-state index contributed by atoms with van der Waals surface area (Å²) in [6.07, 6.45) is 1.76. The van der Waals surface area contributed by atoms with Gasteiger partial charge >= 0.3 is 5.97 Å². The van der Waals surface area contributed by atoms with Gasteiger partial charge in [0, 0.05) is 21.9 Å². The molecular weight excluding hydrogens is 394 g/mol. The van der Waals surface area contributed by atoms with Crippen LogP contribution in [0.15, 0.2) is 48.5 Å². The van der Waals surface area contributed by atoms with Gasteiger partial charge in [-0.25, -0.2) is 4.79 Å². The lowest BCUT2D eigenvalue weighted by molar-refractivity contribution is -0.148. The number of esters is 1. The zero-order chi connectivity index (χ0) is 20.1. The first-order valence-corrected chi connectivity index (χ1v) is 10.9. The lowest BCUT2D eigenvalue weighted by Crippen LogP contribution is -2.44. The highest BCUT2D eigenvalue weighted by Crippen LogP contribution is 2.44. The van der Waals surface area contributed by atoms with Crippen molar-refractivity contribution in [1.82, 2.24) is 4.90 Å². The molecule has 1 saturated heterocycles. The molecule has 0 aromatic heterocycles. The molecule has 6 heteroatoms. The number of thioether (sulfide) groups is 1. The van der Waals surface area contributed by atoms with Crippen LogP contribution in [-0.4, -0.2) is 35.2 Å². The largest absolute Gasteiger partial charge is 0.464 e. The SMILES string of the molecule is CCCCOC(=O)[C@@H]1CS[C@@H](c2ccccc2Cl)N1C(=O)c1ccccc1C. The Kier molecular flexibility index (Phi) is 7.03. The number of rotatable bonds is 6. The predicted molar refractivity (Wildman–Crippen MR) is 114 cm³/mol. The number of aryl methyl sites for hydroxylation is 1. The van der Waals surface area contributed by atoms with Crippen LogP contribution >= 0.6 is 23.4 Å². The molecule has 0 radical (unpaired) electrons. The van der Waals surface area contributed by atoms with Gasteiger partial charge in [-0.2, -0.15) is 0 Å². The number of amides is 1. The fourth-order valence-corrected chi connectivity index (χ4v) is 4.97. The van der Waals surface area contributed by atoms with Crippen molar-refractivity contribution in [2.45, 2.75) is 38.1 Å². The fraction of sp³-hybridized carbons (Fsp3) is 0.364. The lowest BCUT2D eigenvalue weighted by atomic mass is 10.1. The van der Waals surface area contributed by atoms with Crippen molar-refractivity contribution in [2.75, 3.05) is 12.4 Å². The van der Waals surface area contributed by atoms with E-state index in [1.165, 1.54) is 0 Å². The fourth-order valence-electron chi connectivity index (χ4n) is 3.22. The summed E-state index contributed by atoms with van der Waals surface area (Å²) < 4.78 is 5.45. The van der Waals surface area contributed by atoms with Crippen molar-refractivity contribution < 1.29 is 14.3 Å². The monoisotopic (exact) mass is 417 g/mol. The summed E-state index contributed by atoms with van der Waals surface area (Å²) in [5, 5.41) is 0.257. The van der Waals surface area contributed by atoms with Crippen LogP contribution in [0.3, 0.4) is 0 Å². The Hall–Kier alpha value is -1.98. The summed E-state index contributed by atoms with van der Waals surface area (Å²) >= 11 is 7.96. The molecule has 0 N–H and O–H groups in total. The van der Waals surface area contributed by atoms with Gasteiger partial charge in [-0.15, -0.1) is 11.8 Å². The summed E-state index contributed by atoms with van der Waals surface area (Å²) in [6, 6.07) is 14.3. The molecule has 0 bridgehead atoms. The van der Waals surface area contributed by atoms with Crippen molar-refractivity contribution in [3.8, 4) is 0 Å². The van der Waals surface area contributed by atoms with Crippen LogP contribution in [0.2, 0.25) is 5.02 Å². The highest BCUT2D eigenvalue weighted by molar-refractivity contribution is 7.99. The third kappa shape index (κ3) is 4.36. The third-order valence-electron chi connectivity index (χ3n) is 4.80. The Morgan fingerprint density at radius 2 is 1.89 bits per heavy atom. The highest BCUT2D eigenvalue weighted by Gasteiger charge is 2.44. The Bertz CT molecular complexity index is 857. The molecule has 148 valence electrons. The quantitative estimate of drug-likeness (QED) is 0.475. The Balaban J connectivity index is 1.95. The minimum atomic E-state index is -0.629. The maximum Gasteiger partial charge on any atom is 0.329 e. The van der Waals surface area contributed by atoms with Gasteiger partial charge in [0.05, 0.1) is 6.61 Å². The minimum Gasteiger partial charge on any atom is -0.464 e. The summed E-state index contributed by atoms with van der Waals surface area (Å²) in [6.45, 7) is 4.32. The molecule has 1 aliphatic rings. The normalized spacial score (nSPS) is 18.9. The number of benzene rings is 2. The molecule has 1 heterocycles. The summed E-state index contributed by atoms with van der Waals surface area (Å²) in [5.74, 6) is -0.0405. The van der Waals surface area contributed by atoms with E-state index in [0.717, 1.165) is 24.0 Å². The van der Waals surface area contributed by atoms with E-state index in [2.05, 4.69) is 0 Å². The smallest absolute Gasteiger partial charge is 0.329 e. The molecular formula is C22H24ClNO3S. The number of carbonyl (C=O) groups is 2. The van der Waals surface area contributed by atoms with Crippen molar-refractivity contribution in [3.63, 3.8) is 0 Å². The molecule has 1 aliphatic heterocycles. The van der Waals surface area contributed by atoms with Gasteiger partial charge in [0.25, 0.3) is 5.91 Å². The molecule has 0 aliphatic carbocycles. The number of hydrogen-bond acceptors (Lipinski definition) is 4. The molecule has 2 aromatic rings. The molecule has 2 aromatic carbocycles. The van der Waals surface area contributed by atoms with E-state index in [1.807, 2.05) is 50.2 Å². The van der Waals surface area contributed by atoms with Crippen LogP contribution in [-0.2, 0) is 9.53 Å². The number of hydrogen-bond donors (Lipinski definition) is 0. The van der Waals surface area contributed by atoms with E-state index in [9.17, 15) is 9.59 Å². The van der Waals surface area contributed by atoms with E-state index in [0.29, 0.717) is 22.9 Å². The summed E-state index contributed by atoms with van der Waals surface area (Å²) in [5.41, 5.74) is 2.30. The molecule has 2 atom stereocenters. The van der Waals surface area contributed by atoms with E-state index in [-0.39, 0.29) is 17.3 Å². The van der Waals surface area contributed by atoms with Gasteiger partial charge in [-0.1, -0.05) is 61.3 Å². The average molecular weight is 418 g/mol. The van der Waals surface area contributed by atoms with E-state index < -0.39 is 6.04 Å². The first kappa shape index (κ1) is 20.7. The second-order valence-corrected chi connectivity index (χ2v) is 8.29. The molecule has 1 fully saturated rings. The van der Waals surface area contributed by atoms with Gasteiger partial charge < -0.3 is 9.64 Å². The Labute approximate surface area is 175 Å². The molecule has 4 nitrogen and oxygen atoms in total.